The molecule has 0 aliphatic rings. The van der Waals surface area contributed by atoms with Crippen LogP contribution in [0.15, 0.2) is 23.1 Å². The minimum atomic E-state index is -4.58. The average molecular weight is 224 g/mol. The third kappa shape index (κ3) is 3.07. The Morgan fingerprint density at radius 3 is 2.29 bits per heavy atom. The second-order valence-corrected chi connectivity index (χ2v) is 3.67. The summed E-state index contributed by atoms with van der Waals surface area (Å²) in [5.74, 6) is -0.521. The molecular weight excluding hydrogens is 219 g/mol. The van der Waals surface area contributed by atoms with Gasteiger partial charge in [-0.25, -0.2) is 8.42 Å². The molecule has 0 radical (unpaired) electrons. The van der Waals surface area contributed by atoms with E-state index in [1.165, 1.54) is 0 Å². The number of rotatable bonds is 2. The van der Waals surface area contributed by atoms with E-state index in [0.29, 0.717) is 6.29 Å². The number of hydrogen-bond acceptors (Lipinski definition) is 5. The van der Waals surface area contributed by atoms with E-state index in [1.807, 2.05) is 0 Å². The van der Waals surface area contributed by atoms with Crippen LogP contribution in [0.25, 0.3) is 0 Å². The summed E-state index contributed by atoms with van der Waals surface area (Å²) in [7, 11) is -4.58. The first kappa shape index (κ1) is 13.6. The number of phenols is 1. The molecular formula is C7H5NaO5S. The maximum absolute atomic E-state index is 10.4. The van der Waals surface area contributed by atoms with E-state index >= 15 is 0 Å². The molecule has 1 aromatic rings. The number of phenolic OH excluding ortho intramolecular Hbond substituents is 1. The molecule has 0 unspecified atom stereocenters. The second-order valence-electron chi connectivity index (χ2n) is 2.29. The average Bonchev–Trinajstić information content (AvgIpc) is 2.02. The Kier molecular flexibility index (Phi) is 4.76. The van der Waals surface area contributed by atoms with Crippen molar-refractivity contribution in [3.63, 3.8) is 0 Å². The zero-order valence-electron chi connectivity index (χ0n) is 7.30. The maximum Gasteiger partial charge on any atom is 1.00 e. The minimum absolute atomic E-state index is 0. The molecule has 1 N–H and O–H groups in total. The molecule has 7 heteroatoms. The first-order valence-corrected chi connectivity index (χ1v) is 4.60. The number of carbonyl (C=O) groups excluding carboxylic acids is 1. The van der Waals surface area contributed by atoms with Gasteiger partial charge in [0.2, 0.25) is 0 Å². The quantitative estimate of drug-likeness (QED) is 0.330. The van der Waals surface area contributed by atoms with Crippen LogP contribution in [-0.2, 0) is 10.1 Å². The molecule has 0 atom stereocenters. The van der Waals surface area contributed by atoms with Crippen LogP contribution in [-0.4, -0.2) is 24.4 Å². The van der Waals surface area contributed by atoms with E-state index in [9.17, 15) is 17.8 Å². The predicted molar refractivity (Wildman–Crippen MR) is 41.5 cm³/mol. The van der Waals surface area contributed by atoms with E-state index in [2.05, 4.69) is 0 Å². The van der Waals surface area contributed by atoms with Gasteiger partial charge in [0.05, 0.1) is 10.5 Å². The number of aldehydes is 1. The zero-order valence-corrected chi connectivity index (χ0v) is 10.1. The Morgan fingerprint density at radius 2 is 1.93 bits per heavy atom. The zero-order chi connectivity index (χ0) is 10.1. The minimum Gasteiger partial charge on any atom is -0.744 e. The van der Waals surface area contributed by atoms with Gasteiger partial charge in [-0.3, -0.25) is 4.79 Å². The van der Waals surface area contributed by atoms with Crippen molar-refractivity contribution in [1.29, 1.82) is 0 Å². The Bertz CT molecular complexity index is 439. The Morgan fingerprint density at radius 1 is 1.36 bits per heavy atom. The summed E-state index contributed by atoms with van der Waals surface area (Å²) in [6, 6.07) is 2.77. The summed E-state index contributed by atoms with van der Waals surface area (Å²) in [4.78, 5) is 9.64. The molecule has 0 spiro atoms. The SMILES string of the molecule is O=Cc1ccc(S(=O)(=O)[O-])cc1O.[Na+]. The Labute approximate surface area is 103 Å². The summed E-state index contributed by atoms with van der Waals surface area (Å²) in [5.41, 5.74) is -0.0626. The van der Waals surface area contributed by atoms with Gasteiger partial charge in [-0.2, -0.15) is 0 Å². The first-order valence-electron chi connectivity index (χ1n) is 3.19. The fraction of sp³-hybridized carbons (Fsp3) is 0. The Balaban J connectivity index is 0.00000169. The van der Waals surface area contributed by atoms with Crippen LogP contribution in [0.2, 0.25) is 0 Å². The van der Waals surface area contributed by atoms with Crippen molar-refractivity contribution in [3.8, 4) is 5.75 Å². The maximum atomic E-state index is 10.4. The molecule has 14 heavy (non-hydrogen) atoms. The molecule has 0 aliphatic carbocycles. The molecule has 1 rings (SSSR count). The predicted octanol–water partition coefficient (Wildman–Crippen LogP) is -2.89. The summed E-state index contributed by atoms with van der Waals surface area (Å²) in [5, 5.41) is 9.02. The van der Waals surface area contributed by atoms with Gasteiger partial charge in [-0.15, -0.1) is 0 Å². The molecule has 1 aromatic carbocycles. The van der Waals surface area contributed by atoms with Crippen LogP contribution in [0.4, 0.5) is 0 Å². The molecule has 70 valence electrons. The first-order chi connectivity index (χ1) is 5.95. The summed E-state index contributed by atoms with van der Waals surface area (Å²) in [6.07, 6.45) is 0.358. The van der Waals surface area contributed by atoms with E-state index < -0.39 is 20.8 Å². The third-order valence-electron chi connectivity index (χ3n) is 1.42. The van der Waals surface area contributed by atoms with Crippen molar-refractivity contribution in [2.24, 2.45) is 0 Å². The number of carbonyl (C=O) groups is 1. The smallest absolute Gasteiger partial charge is 0.744 e. The van der Waals surface area contributed by atoms with Gasteiger partial charge < -0.3 is 9.66 Å². The molecule has 0 saturated carbocycles. The topological polar surface area (TPSA) is 94.5 Å². The van der Waals surface area contributed by atoms with Crippen LogP contribution < -0.4 is 29.6 Å². The second kappa shape index (κ2) is 4.90. The molecule has 0 bridgehead atoms. The van der Waals surface area contributed by atoms with Crippen molar-refractivity contribution in [2.75, 3.05) is 0 Å². The fourth-order valence-corrected chi connectivity index (χ4v) is 1.27. The molecule has 0 saturated heterocycles. The van der Waals surface area contributed by atoms with Gasteiger partial charge in [-0.05, 0) is 18.2 Å². The normalized spacial score (nSPS) is 10.4. The molecule has 0 aliphatic heterocycles. The summed E-state index contributed by atoms with van der Waals surface area (Å²) >= 11 is 0. The standard InChI is InChI=1S/C7H6O5S.Na/c8-4-5-1-2-6(3-7(5)9)13(10,11)12;/h1-4,9H,(H,10,11,12);/q;+1/p-1. The van der Waals surface area contributed by atoms with Crippen molar-refractivity contribution in [3.05, 3.63) is 23.8 Å². The van der Waals surface area contributed by atoms with Gasteiger partial charge in [0.1, 0.15) is 15.9 Å². The number of benzene rings is 1. The van der Waals surface area contributed by atoms with Crippen LogP contribution in [0.5, 0.6) is 5.75 Å². The van der Waals surface area contributed by atoms with E-state index in [0.717, 1.165) is 18.2 Å². The van der Waals surface area contributed by atoms with Crippen LogP contribution >= 0.6 is 0 Å². The molecule has 0 aromatic heterocycles. The number of hydrogen-bond donors (Lipinski definition) is 1. The summed E-state index contributed by atoms with van der Waals surface area (Å²) in [6.45, 7) is 0. The summed E-state index contributed by atoms with van der Waals surface area (Å²) < 4.78 is 31.3. The molecule has 0 fully saturated rings. The third-order valence-corrected chi connectivity index (χ3v) is 2.25. The van der Waals surface area contributed by atoms with E-state index in [4.69, 9.17) is 5.11 Å². The van der Waals surface area contributed by atoms with Gasteiger partial charge in [0.15, 0.2) is 6.29 Å². The van der Waals surface area contributed by atoms with Crippen LogP contribution in [0.3, 0.4) is 0 Å². The molecule has 5 nitrogen and oxygen atoms in total. The molecule has 0 amide bonds. The van der Waals surface area contributed by atoms with Crippen molar-refractivity contribution < 1.29 is 52.4 Å². The van der Waals surface area contributed by atoms with Crippen molar-refractivity contribution in [1.82, 2.24) is 0 Å². The van der Waals surface area contributed by atoms with Gasteiger partial charge in [0, 0.05) is 0 Å². The van der Waals surface area contributed by atoms with Crippen molar-refractivity contribution >= 4 is 16.4 Å². The fourth-order valence-electron chi connectivity index (χ4n) is 0.779. The monoisotopic (exact) mass is 224 g/mol. The number of aromatic hydroxyl groups is 1. The Hall–Kier alpha value is -0.400. The van der Waals surface area contributed by atoms with Crippen LogP contribution in [0.1, 0.15) is 10.4 Å². The van der Waals surface area contributed by atoms with Crippen molar-refractivity contribution in [2.45, 2.75) is 4.90 Å². The van der Waals surface area contributed by atoms with Gasteiger partial charge >= 0.3 is 29.6 Å². The van der Waals surface area contributed by atoms with E-state index in [-0.39, 0.29) is 35.1 Å². The van der Waals surface area contributed by atoms with Gasteiger partial charge in [0.25, 0.3) is 0 Å². The largest absolute Gasteiger partial charge is 1.00 e. The van der Waals surface area contributed by atoms with Gasteiger partial charge in [-0.1, -0.05) is 0 Å². The van der Waals surface area contributed by atoms with Crippen LogP contribution in [0, 0.1) is 0 Å². The molecule has 0 heterocycles. The van der Waals surface area contributed by atoms with E-state index in [1.54, 1.807) is 0 Å².